The van der Waals surface area contributed by atoms with Crippen molar-refractivity contribution in [1.29, 1.82) is 0 Å². The number of nitrogens with zero attached hydrogens (tertiary/aromatic N) is 2. The summed E-state index contributed by atoms with van der Waals surface area (Å²) in [6.45, 7) is 4.93. The van der Waals surface area contributed by atoms with Crippen molar-refractivity contribution < 1.29 is 4.79 Å². The van der Waals surface area contributed by atoms with Gasteiger partial charge in [0.05, 0.1) is 6.04 Å². The molecule has 0 aromatic carbocycles. The number of halogens is 1. The zero-order chi connectivity index (χ0) is 12.7. The van der Waals surface area contributed by atoms with Crippen LogP contribution in [0.5, 0.6) is 0 Å². The van der Waals surface area contributed by atoms with Crippen molar-refractivity contribution in [2.24, 2.45) is 11.7 Å². The molecule has 2 aliphatic heterocycles. The quantitative estimate of drug-likeness (QED) is 0.831. The van der Waals surface area contributed by atoms with Gasteiger partial charge in [-0.25, -0.2) is 0 Å². The Bertz CT molecular complexity index is 333. The number of fused-ring (bicyclic) bond motifs is 1. The number of hydrogen-bond donors (Lipinski definition) is 1. The predicted octanol–water partition coefficient (Wildman–Crippen LogP) is 1.23. The first-order valence-corrected chi connectivity index (χ1v) is 7.47. The molecule has 0 aromatic heterocycles. The molecule has 3 aliphatic rings. The first-order valence-electron chi connectivity index (χ1n) is 7.47. The molecule has 0 spiro atoms. The second-order valence-electron chi connectivity index (χ2n) is 6.30. The summed E-state index contributed by atoms with van der Waals surface area (Å²) in [4.78, 5) is 16.7. The highest BCUT2D eigenvalue weighted by molar-refractivity contribution is 5.85. The third kappa shape index (κ3) is 3.06. The summed E-state index contributed by atoms with van der Waals surface area (Å²) in [7, 11) is 0. The maximum Gasteiger partial charge on any atom is 0.239 e. The Hall–Kier alpha value is -0.320. The summed E-state index contributed by atoms with van der Waals surface area (Å²) in [6, 6.07) is 1.27. The maximum absolute atomic E-state index is 12.0. The Kier molecular flexibility index (Phi) is 4.75. The molecule has 0 radical (unpaired) electrons. The van der Waals surface area contributed by atoms with E-state index in [-0.39, 0.29) is 24.4 Å². The summed E-state index contributed by atoms with van der Waals surface area (Å²) in [5, 5.41) is 0. The third-order valence-electron chi connectivity index (χ3n) is 4.83. The number of hydrogen-bond acceptors (Lipinski definition) is 3. The lowest BCUT2D eigenvalue weighted by Crippen LogP contribution is -2.57. The fraction of sp³-hybridized carbons (Fsp3) is 0.929. The molecule has 0 bridgehead atoms. The third-order valence-corrected chi connectivity index (χ3v) is 4.83. The van der Waals surface area contributed by atoms with Gasteiger partial charge in [0, 0.05) is 25.2 Å². The van der Waals surface area contributed by atoms with Gasteiger partial charge in [0.25, 0.3) is 0 Å². The van der Waals surface area contributed by atoms with Gasteiger partial charge in [0.15, 0.2) is 0 Å². The average Bonchev–Trinajstić information content (AvgIpc) is 3.20. The van der Waals surface area contributed by atoms with Gasteiger partial charge in [-0.15, -0.1) is 12.4 Å². The molecule has 2 heterocycles. The fourth-order valence-corrected chi connectivity index (χ4v) is 3.79. The van der Waals surface area contributed by atoms with Gasteiger partial charge < -0.3 is 10.6 Å². The summed E-state index contributed by atoms with van der Waals surface area (Å²) < 4.78 is 0. The van der Waals surface area contributed by atoms with Gasteiger partial charge in [-0.2, -0.15) is 0 Å². The molecule has 2 saturated heterocycles. The van der Waals surface area contributed by atoms with Crippen molar-refractivity contribution in [3.05, 3.63) is 0 Å². The topological polar surface area (TPSA) is 49.6 Å². The Balaban J connectivity index is 0.00000133. The van der Waals surface area contributed by atoms with Gasteiger partial charge in [-0.3, -0.25) is 9.69 Å². The number of carbonyl (C=O) groups excluding carboxylic acids is 1. The van der Waals surface area contributed by atoms with Crippen LogP contribution in [0.3, 0.4) is 0 Å². The number of amides is 1. The summed E-state index contributed by atoms with van der Waals surface area (Å²) >= 11 is 0. The van der Waals surface area contributed by atoms with E-state index in [1.807, 2.05) is 4.90 Å². The highest BCUT2D eigenvalue weighted by Gasteiger charge is 2.42. The second-order valence-corrected chi connectivity index (χ2v) is 6.30. The molecule has 2 N–H and O–H groups in total. The number of nitrogens with two attached hydrogens (primary N) is 1. The van der Waals surface area contributed by atoms with Gasteiger partial charge in [0.1, 0.15) is 0 Å². The largest absolute Gasteiger partial charge is 0.341 e. The molecule has 4 nitrogen and oxygen atoms in total. The molecule has 2 unspecified atom stereocenters. The van der Waals surface area contributed by atoms with Crippen molar-refractivity contribution >= 4 is 18.3 Å². The molecule has 3 atom stereocenters. The Morgan fingerprint density at radius 3 is 2.58 bits per heavy atom. The molecule has 3 rings (SSSR count). The van der Waals surface area contributed by atoms with Crippen molar-refractivity contribution in [2.75, 3.05) is 19.6 Å². The molecule has 110 valence electrons. The van der Waals surface area contributed by atoms with E-state index >= 15 is 0 Å². The Morgan fingerprint density at radius 1 is 1.21 bits per heavy atom. The second kappa shape index (κ2) is 5.98. The van der Waals surface area contributed by atoms with E-state index in [9.17, 15) is 4.79 Å². The van der Waals surface area contributed by atoms with Crippen molar-refractivity contribution in [3.8, 4) is 0 Å². The van der Waals surface area contributed by atoms with Gasteiger partial charge in [-0.1, -0.05) is 0 Å². The van der Waals surface area contributed by atoms with E-state index in [4.69, 9.17) is 5.73 Å². The molecule has 19 heavy (non-hydrogen) atoms. The summed E-state index contributed by atoms with van der Waals surface area (Å²) in [6.07, 6.45) is 6.53. The molecular formula is C14H26ClN3O. The number of carbonyl (C=O) groups is 1. The molecule has 1 aliphatic carbocycles. The lowest BCUT2D eigenvalue weighted by molar-refractivity contribution is -0.136. The lowest BCUT2D eigenvalue weighted by atomic mass is 9.83. The van der Waals surface area contributed by atoms with Crippen LogP contribution in [0.25, 0.3) is 0 Å². The van der Waals surface area contributed by atoms with E-state index in [1.54, 1.807) is 6.92 Å². The molecule has 0 aromatic rings. The van der Waals surface area contributed by atoms with Crippen LogP contribution in [0, 0.1) is 5.92 Å². The van der Waals surface area contributed by atoms with Gasteiger partial charge >= 0.3 is 0 Å². The van der Waals surface area contributed by atoms with E-state index < -0.39 is 0 Å². The van der Waals surface area contributed by atoms with Gasteiger partial charge in [0.2, 0.25) is 5.91 Å². The zero-order valence-electron chi connectivity index (χ0n) is 11.8. The number of piperidine rings is 2. The SMILES string of the molecule is C[C@@H](N)C(=O)N1CCC2C(CCCN2C2CC2)C1.Cl. The van der Waals surface area contributed by atoms with Crippen LogP contribution in [0.2, 0.25) is 0 Å². The minimum Gasteiger partial charge on any atom is -0.341 e. The van der Waals surface area contributed by atoms with E-state index in [1.165, 1.54) is 32.2 Å². The average molecular weight is 288 g/mol. The van der Waals surface area contributed by atoms with Crippen LogP contribution in [0.4, 0.5) is 0 Å². The molecule has 5 heteroatoms. The molecule has 1 amide bonds. The van der Waals surface area contributed by atoms with Crippen LogP contribution < -0.4 is 5.73 Å². The zero-order valence-corrected chi connectivity index (χ0v) is 12.6. The molecule has 1 saturated carbocycles. The van der Waals surface area contributed by atoms with Crippen LogP contribution in [0.15, 0.2) is 0 Å². The summed E-state index contributed by atoms with van der Waals surface area (Å²) in [5.41, 5.74) is 5.72. The van der Waals surface area contributed by atoms with E-state index in [0.29, 0.717) is 5.92 Å². The van der Waals surface area contributed by atoms with Crippen molar-refractivity contribution in [3.63, 3.8) is 0 Å². The minimum absolute atomic E-state index is 0. The van der Waals surface area contributed by atoms with Crippen molar-refractivity contribution in [1.82, 2.24) is 9.80 Å². The Morgan fingerprint density at radius 2 is 1.95 bits per heavy atom. The minimum atomic E-state index is -0.343. The van der Waals surface area contributed by atoms with Crippen LogP contribution in [-0.2, 0) is 4.79 Å². The highest BCUT2D eigenvalue weighted by Crippen LogP contribution is 2.38. The number of rotatable bonds is 2. The lowest BCUT2D eigenvalue weighted by Gasteiger charge is -2.47. The maximum atomic E-state index is 12.0. The van der Waals surface area contributed by atoms with Crippen LogP contribution in [-0.4, -0.2) is 53.5 Å². The first kappa shape index (κ1) is 15.1. The van der Waals surface area contributed by atoms with Crippen LogP contribution in [0.1, 0.15) is 39.0 Å². The Labute approximate surface area is 122 Å². The standard InChI is InChI=1S/C14H25N3O.ClH/c1-10(15)14(18)16-8-6-13-11(9-16)3-2-7-17(13)12-4-5-12;/h10-13H,2-9,15H2,1H3;1H/t10-,11?,13?;/m1./s1. The van der Waals surface area contributed by atoms with E-state index in [2.05, 4.69) is 4.90 Å². The van der Waals surface area contributed by atoms with Gasteiger partial charge in [-0.05, 0) is 51.5 Å². The molecule has 3 fully saturated rings. The first-order chi connectivity index (χ1) is 8.66. The summed E-state index contributed by atoms with van der Waals surface area (Å²) in [5.74, 6) is 0.827. The monoisotopic (exact) mass is 287 g/mol. The predicted molar refractivity (Wildman–Crippen MR) is 78.3 cm³/mol. The van der Waals surface area contributed by atoms with Crippen molar-refractivity contribution in [2.45, 2.75) is 57.2 Å². The smallest absolute Gasteiger partial charge is 0.239 e. The fourth-order valence-electron chi connectivity index (χ4n) is 3.79. The van der Waals surface area contributed by atoms with Crippen LogP contribution >= 0.6 is 12.4 Å². The highest BCUT2D eigenvalue weighted by atomic mass is 35.5. The number of likely N-dealkylation sites (tertiary alicyclic amines) is 2. The molecular weight excluding hydrogens is 262 g/mol. The normalized spacial score (nSPS) is 33.3. The van der Waals surface area contributed by atoms with E-state index in [0.717, 1.165) is 31.6 Å².